The third kappa shape index (κ3) is 3.42. The highest BCUT2D eigenvalue weighted by Gasteiger charge is 2.32. The topological polar surface area (TPSA) is 76.2 Å². The predicted octanol–water partition coefficient (Wildman–Crippen LogP) is 1.91. The average molecular weight is 396 g/mol. The van der Waals surface area contributed by atoms with Crippen LogP contribution in [0.25, 0.3) is 0 Å². The summed E-state index contributed by atoms with van der Waals surface area (Å²) in [6.45, 7) is 1.13. The minimum absolute atomic E-state index is 0.229. The van der Waals surface area contributed by atoms with E-state index < -0.39 is 10.0 Å². The van der Waals surface area contributed by atoms with Crippen LogP contribution in [0.15, 0.2) is 39.9 Å². The molecule has 2 aromatic rings. The van der Waals surface area contributed by atoms with Crippen molar-refractivity contribution in [3.05, 3.63) is 41.3 Å². The number of benzene rings is 1. The maximum atomic E-state index is 12.9. The summed E-state index contributed by atoms with van der Waals surface area (Å²) in [6.07, 6.45) is 0. The van der Waals surface area contributed by atoms with Gasteiger partial charge in [0, 0.05) is 26.2 Å². The van der Waals surface area contributed by atoms with Crippen LogP contribution in [-0.2, 0) is 10.0 Å². The van der Waals surface area contributed by atoms with Gasteiger partial charge in [0.2, 0.25) is 0 Å². The Labute approximate surface area is 156 Å². The fraction of sp³-hybridized carbons (Fsp3) is 0.353. The molecule has 0 N–H and O–H groups in total. The van der Waals surface area contributed by atoms with Crippen molar-refractivity contribution in [3.63, 3.8) is 0 Å². The zero-order valence-corrected chi connectivity index (χ0v) is 16.2. The van der Waals surface area contributed by atoms with Gasteiger partial charge in [0.1, 0.15) is 21.3 Å². The highest BCUT2D eigenvalue weighted by molar-refractivity contribution is 7.91. The Hall–Kier alpha value is -2.10. The standard InChI is InChI=1S/C17H20N2O5S2/c1-23-13-5-3-6-14(24-2)16(13)17(20)18-8-10-19(11-9-18)26(21,22)15-7-4-12-25-15/h3-7,12H,8-11H2,1-2H3. The first-order valence-electron chi connectivity index (χ1n) is 8.03. The molecule has 0 bridgehead atoms. The zero-order chi connectivity index (χ0) is 18.7. The summed E-state index contributed by atoms with van der Waals surface area (Å²) >= 11 is 1.19. The average Bonchev–Trinajstić information content (AvgIpc) is 3.22. The van der Waals surface area contributed by atoms with Gasteiger partial charge in [-0.3, -0.25) is 4.79 Å². The predicted molar refractivity (Wildman–Crippen MR) is 98.5 cm³/mol. The van der Waals surface area contributed by atoms with Gasteiger partial charge in [-0.15, -0.1) is 11.3 Å². The van der Waals surface area contributed by atoms with Gasteiger partial charge < -0.3 is 14.4 Å². The number of thiophene rings is 1. The molecule has 140 valence electrons. The van der Waals surface area contributed by atoms with E-state index in [-0.39, 0.29) is 19.0 Å². The Balaban J connectivity index is 1.76. The lowest BCUT2D eigenvalue weighted by molar-refractivity contribution is 0.0691. The van der Waals surface area contributed by atoms with E-state index in [1.807, 2.05) is 0 Å². The summed E-state index contributed by atoms with van der Waals surface area (Å²) in [4.78, 5) is 14.6. The third-order valence-corrected chi connectivity index (χ3v) is 7.53. The fourth-order valence-corrected chi connectivity index (χ4v) is 5.46. The van der Waals surface area contributed by atoms with Gasteiger partial charge in [-0.25, -0.2) is 8.42 Å². The normalized spacial score (nSPS) is 15.7. The molecule has 0 aliphatic carbocycles. The summed E-state index contributed by atoms with van der Waals surface area (Å²) in [7, 11) is -0.499. The van der Waals surface area contributed by atoms with E-state index in [1.54, 1.807) is 40.6 Å². The lowest BCUT2D eigenvalue weighted by Gasteiger charge is -2.34. The van der Waals surface area contributed by atoms with Gasteiger partial charge in [0.25, 0.3) is 15.9 Å². The van der Waals surface area contributed by atoms with E-state index in [9.17, 15) is 13.2 Å². The van der Waals surface area contributed by atoms with Gasteiger partial charge in [-0.2, -0.15) is 4.31 Å². The Bertz CT molecular complexity index is 850. The molecular formula is C17H20N2O5S2. The molecule has 26 heavy (non-hydrogen) atoms. The smallest absolute Gasteiger partial charge is 0.261 e. The van der Waals surface area contributed by atoms with Crippen LogP contribution in [0.2, 0.25) is 0 Å². The van der Waals surface area contributed by atoms with Crippen molar-refractivity contribution < 1.29 is 22.7 Å². The molecule has 0 saturated carbocycles. The van der Waals surface area contributed by atoms with Crippen LogP contribution in [0.3, 0.4) is 0 Å². The van der Waals surface area contributed by atoms with E-state index in [0.717, 1.165) is 0 Å². The van der Waals surface area contributed by atoms with E-state index >= 15 is 0 Å². The van der Waals surface area contributed by atoms with Crippen molar-refractivity contribution in [2.24, 2.45) is 0 Å². The number of sulfonamides is 1. The van der Waals surface area contributed by atoms with Gasteiger partial charge in [0.05, 0.1) is 14.2 Å². The lowest BCUT2D eigenvalue weighted by Crippen LogP contribution is -2.50. The lowest BCUT2D eigenvalue weighted by atomic mass is 10.1. The fourth-order valence-electron chi connectivity index (χ4n) is 2.89. The quantitative estimate of drug-likeness (QED) is 0.772. The van der Waals surface area contributed by atoms with Crippen molar-refractivity contribution in [2.75, 3.05) is 40.4 Å². The second-order valence-corrected chi connectivity index (χ2v) is 8.78. The molecule has 2 heterocycles. The molecule has 7 nitrogen and oxygen atoms in total. The number of methoxy groups -OCH3 is 2. The monoisotopic (exact) mass is 396 g/mol. The van der Waals surface area contributed by atoms with Gasteiger partial charge in [-0.1, -0.05) is 12.1 Å². The zero-order valence-electron chi connectivity index (χ0n) is 14.5. The molecule has 1 fully saturated rings. The summed E-state index contributed by atoms with van der Waals surface area (Å²) in [6, 6.07) is 8.46. The van der Waals surface area contributed by atoms with E-state index in [0.29, 0.717) is 34.4 Å². The number of carbonyl (C=O) groups excluding carboxylic acids is 1. The van der Waals surface area contributed by atoms with Crippen molar-refractivity contribution in [2.45, 2.75) is 4.21 Å². The van der Waals surface area contributed by atoms with Crippen LogP contribution in [0.5, 0.6) is 11.5 Å². The van der Waals surface area contributed by atoms with Crippen LogP contribution < -0.4 is 9.47 Å². The number of carbonyl (C=O) groups is 1. The highest BCUT2D eigenvalue weighted by Crippen LogP contribution is 2.30. The molecule has 0 atom stereocenters. The highest BCUT2D eigenvalue weighted by atomic mass is 32.2. The van der Waals surface area contributed by atoms with Crippen LogP contribution in [0.1, 0.15) is 10.4 Å². The Morgan fingerprint density at radius 3 is 2.12 bits per heavy atom. The Kier molecular flexibility index (Phi) is 5.49. The largest absolute Gasteiger partial charge is 0.496 e. The molecule has 1 aromatic heterocycles. The van der Waals surface area contributed by atoms with Gasteiger partial charge >= 0.3 is 0 Å². The van der Waals surface area contributed by atoms with Crippen molar-refractivity contribution in [3.8, 4) is 11.5 Å². The summed E-state index contributed by atoms with van der Waals surface area (Å²) in [5.41, 5.74) is 0.354. The minimum Gasteiger partial charge on any atom is -0.496 e. The van der Waals surface area contributed by atoms with Crippen LogP contribution in [0.4, 0.5) is 0 Å². The van der Waals surface area contributed by atoms with Crippen LogP contribution in [0, 0.1) is 0 Å². The van der Waals surface area contributed by atoms with E-state index in [2.05, 4.69) is 0 Å². The third-order valence-electron chi connectivity index (χ3n) is 4.26. The second kappa shape index (κ2) is 7.65. The number of hydrogen-bond acceptors (Lipinski definition) is 6. The molecule has 9 heteroatoms. The molecule has 1 aliphatic heterocycles. The number of piperazine rings is 1. The molecule has 0 spiro atoms. The molecule has 1 saturated heterocycles. The molecule has 1 amide bonds. The SMILES string of the molecule is COc1cccc(OC)c1C(=O)N1CCN(S(=O)(=O)c2cccs2)CC1. The van der Waals surface area contributed by atoms with Crippen molar-refractivity contribution in [1.82, 2.24) is 9.21 Å². The molecule has 0 radical (unpaired) electrons. The molecular weight excluding hydrogens is 376 g/mol. The van der Waals surface area contributed by atoms with Gasteiger partial charge in [0.15, 0.2) is 0 Å². The summed E-state index contributed by atoms with van der Waals surface area (Å²) in [5.74, 6) is 0.637. The van der Waals surface area contributed by atoms with E-state index in [4.69, 9.17) is 9.47 Å². The summed E-state index contributed by atoms with van der Waals surface area (Å²) < 4.78 is 37.5. The molecule has 0 unspecified atom stereocenters. The minimum atomic E-state index is -3.49. The van der Waals surface area contributed by atoms with Crippen LogP contribution >= 0.6 is 11.3 Å². The first-order chi connectivity index (χ1) is 12.5. The number of amides is 1. The van der Waals surface area contributed by atoms with Crippen LogP contribution in [-0.4, -0.2) is 63.9 Å². The first kappa shape index (κ1) is 18.7. The van der Waals surface area contributed by atoms with Crippen molar-refractivity contribution >= 4 is 27.3 Å². The Morgan fingerprint density at radius 1 is 1.00 bits per heavy atom. The number of ether oxygens (including phenoxy) is 2. The number of hydrogen-bond donors (Lipinski definition) is 0. The molecule has 1 aromatic carbocycles. The first-order valence-corrected chi connectivity index (χ1v) is 10.3. The summed E-state index contributed by atoms with van der Waals surface area (Å²) in [5, 5.41) is 1.74. The second-order valence-electron chi connectivity index (χ2n) is 5.67. The van der Waals surface area contributed by atoms with E-state index in [1.165, 1.54) is 29.9 Å². The number of rotatable bonds is 5. The Morgan fingerprint density at radius 2 is 1.62 bits per heavy atom. The molecule has 1 aliphatic rings. The van der Waals surface area contributed by atoms with Crippen molar-refractivity contribution in [1.29, 1.82) is 0 Å². The molecule has 3 rings (SSSR count). The van der Waals surface area contributed by atoms with Gasteiger partial charge in [-0.05, 0) is 23.6 Å². The maximum absolute atomic E-state index is 12.9. The maximum Gasteiger partial charge on any atom is 0.261 e. The number of nitrogens with zero attached hydrogens (tertiary/aromatic N) is 2.